The highest BCUT2D eigenvalue weighted by Crippen LogP contribution is 2.33. The Kier molecular flexibility index (Phi) is 3.69. The third-order valence-electron chi connectivity index (χ3n) is 3.79. The van der Waals surface area contributed by atoms with Crippen molar-refractivity contribution in [2.24, 2.45) is 0 Å². The molecular weight excluding hydrogens is 257 g/mol. The topological polar surface area (TPSA) is 49.9 Å². The Morgan fingerprint density at radius 3 is 2.85 bits per heavy atom. The van der Waals surface area contributed by atoms with E-state index in [1.807, 2.05) is 0 Å². The van der Waals surface area contributed by atoms with E-state index in [4.69, 9.17) is 4.74 Å². The number of benzene rings is 1. The number of aromatic amines is 1. The van der Waals surface area contributed by atoms with E-state index in [1.165, 1.54) is 6.07 Å². The highest BCUT2D eigenvalue weighted by molar-refractivity contribution is 5.67. The molecule has 2 heterocycles. The number of H-pyrrole nitrogens is 1. The summed E-state index contributed by atoms with van der Waals surface area (Å²) in [5, 5.41) is 3.33. The van der Waals surface area contributed by atoms with Gasteiger partial charge in [-0.15, -0.1) is 0 Å². The first kappa shape index (κ1) is 13.1. The van der Waals surface area contributed by atoms with Crippen LogP contribution in [0.1, 0.15) is 24.6 Å². The van der Waals surface area contributed by atoms with Gasteiger partial charge in [0.2, 0.25) is 0 Å². The van der Waals surface area contributed by atoms with Gasteiger partial charge >= 0.3 is 0 Å². The fourth-order valence-electron chi connectivity index (χ4n) is 2.70. The molecule has 106 valence electrons. The van der Waals surface area contributed by atoms with E-state index in [2.05, 4.69) is 15.3 Å². The summed E-state index contributed by atoms with van der Waals surface area (Å²) in [5.74, 6) is 1.57. The lowest BCUT2D eigenvalue weighted by atomic mass is 9.98. The van der Waals surface area contributed by atoms with Gasteiger partial charge in [-0.2, -0.15) is 0 Å². The van der Waals surface area contributed by atoms with Crippen molar-refractivity contribution in [2.75, 3.05) is 20.2 Å². The van der Waals surface area contributed by atoms with Gasteiger partial charge < -0.3 is 15.0 Å². The smallest absolute Gasteiger partial charge is 0.136 e. The Balaban J connectivity index is 1.93. The normalized spacial score (nSPS) is 16.3. The molecule has 1 aliphatic heterocycles. The van der Waals surface area contributed by atoms with Crippen molar-refractivity contribution >= 4 is 0 Å². The van der Waals surface area contributed by atoms with Crippen molar-refractivity contribution in [3.05, 3.63) is 36.0 Å². The van der Waals surface area contributed by atoms with E-state index in [1.54, 1.807) is 25.4 Å². The molecule has 0 radical (unpaired) electrons. The largest absolute Gasteiger partial charge is 0.496 e. The van der Waals surface area contributed by atoms with E-state index in [0.717, 1.165) is 31.8 Å². The van der Waals surface area contributed by atoms with E-state index in [-0.39, 0.29) is 5.82 Å². The lowest BCUT2D eigenvalue weighted by Gasteiger charge is -2.20. The molecule has 4 nitrogen and oxygen atoms in total. The predicted molar refractivity (Wildman–Crippen MR) is 75.4 cm³/mol. The number of nitrogens with zero attached hydrogens (tertiary/aromatic N) is 1. The van der Waals surface area contributed by atoms with Crippen LogP contribution < -0.4 is 10.1 Å². The maximum absolute atomic E-state index is 14.0. The van der Waals surface area contributed by atoms with Crippen molar-refractivity contribution in [1.29, 1.82) is 0 Å². The van der Waals surface area contributed by atoms with Gasteiger partial charge in [-0.3, -0.25) is 0 Å². The highest BCUT2D eigenvalue weighted by atomic mass is 19.1. The molecule has 1 aromatic carbocycles. The Morgan fingerprint density at radius 1 is 1.30 bits per heavy atom. The molecule has 20 heavy (non-hydrogen) atoms. The third kappa shape index (κ3) is 2.41. The molecule has 1 fully saturated rings. The number of methoxy groups -OCH3 is 1. The van der Waals surface area contributed by atoms with Crippen LogP contribution in [0.15, 0.2) is 24.4 Å². The predicted octanol–water partition coefficient (Wildman–Crippen LogP) is 2.69. The Labute approximate surface area is 117 Å². The Bertz CT molecular complexity index is 591. The van der Waals surface area contributed by atoms with Crippen LogP contribution in [0.4, 0.5) is 4.39 Å². The summed E-state index contributed by atoms with van der Waals surface area (Å²) >= 11 is 0. The molecule has 0 atom stereocenters. The van der Waals surface area contributed by atoms with Gasteiger partial charge in [-0.05, 0) is 38.1 Å². The van der Waals surface area contributed by atoms with Gasteiger partial charge in [0.15, 0.2) is 0 Å². The number of rotatable bonds is 3. The second-order valence-corrected chi connectivity index (χ2v) is 5.02. The van der Waals surface area contributed by atoms with Crippen LogP contribution in [0.25, 0.3) is 11.3 Å². The quantitative estimate of drug-likeness (QED) is 0.905. The maximum Gasteiger partial charge on any atom is 0.136 e. The number of nitrogens with one attached hydrogen (secondary N) is 2. The van der Waals surface area contributed by atoms with Crippen LogP contribution in [0.5, 0.6) is 5.75 Å². The standard InChI is InChI=1S/C15H18FN3O/c1-20-13-4-2-3-11(16)14(13)12-9-18-15(19-12)10-5-7-17-8-6-10/h2-4,9-10,17H,5-8H2,1H3,(H,18,19). The minimum absolute atomic E-state index is 0.301. The van der Waals surface area contributed by atoms with Crippen molar-refractivity contribution in [3.63, 3.8) is 0 Å². The molecule has 1 aliphatic rings. The zero-order valence-corrected chi connectivity index (χ0v) is 11.4. The number of hydrogen-bond acceptors (Lipinski definition) is 3. The van der Waals surface area contributed by atoms with E-state index in [0.29, 0.717) is 22.9 Å². The van der Waals surface area contributed by atoms with Gasteiger partial charge in [0.05, 0.1) is 24.6 Å². The number of halogens is 1. The molecule has 3 rings (SSSR count). The van der Waals surface area contributed by atoms with Crippen molar-refractivity contribution < 1.29 is 9.13 Å². The molecular formula is C15H18FN3O. The molecule has 5 heteroatoms. The zero-order valence-electron chi connectivity index (χ0n) is 11.4. The first-order chi connectivity index (χ1) is 9.79. The summed E-state index contributed by atoms with van der Waals surface area (Å²) in [6, 6.07) is 4.83. The van der Waals surface area contributed by atoms with E-state index < -0.39 is 0 Å². The fraction of sp³-hybridized carbons (Fsp3) is 0.400. The second kappa shape index (κ2) is 5.63. The van der Waals surface area contributed by atoms with Crippen LogP contribution in [0, 0.1) is 5.82 Å². The monoisotopic (exact) mass is 275 g/mol. The number of piperidine rings is 1. The first-order valence-electron chi connectivity index (χ1n) is 6.88. The molecule has 0 saturated carbocycles. The van der Waals surface area contributed by atoms with Crippen molar-refractivity contribution in [3.8, 4) is 17.0 Å². The Morgan fingerprint density at radius 2 is 2.10 bits per heavy atom. The first-order valence-corrected chi connectivity index (χ1v) is 6.88. The molecule has 1 aromatic heterocycles. The van der Waals surface area contributed by atoms with Gasteiger partial charge in [0.25, 0.3) is 0 Å². The summed E-state index contributed by atoms with van der Waals surface area (Å²) in [6.07, 6.45) is 3.81. The second-order valence-electron chi connectivity index (χ2n) is 5.02. The zero-order chi connectivity index (χ0) is 13.9. The maximum atomic E-state index is 14.0. The molecule has 0 aliphatic carbocycles. The molecule has 2 aromatic rings. The van der Waals surface area contributed by atoms with Crippen LogP contribution in [0.2, 0.25) is 0 Å². The molecule has 0 spiro atoms. The summed E-state index contributed by atoms with van der Waals surface area (Å²) < 4.78 is 19.3. The van der Waals surface area contributed by atoms with Crippen LogP contribution in [-0.4, -0.2) is 30.2 Å². The summed E-state index contributed by atoms with van der Waals surface area (Å²) in [5.41, 5.74) is 1.12. The van der Waals surface area contributed by atoms with Crippen LogP contribution in [0.3, 0.4) is 0 Å². The molecule has 1 saturated heterocycles. The lowest BCUT2D eigenvalue weighted by molar-refractivity contribution is 0.413. The van der Waals surface area contributed by atoms with E-state index in [9.17, 15) is 4.39 Å². The summed E-state index contributed by atoms with van der Waals surface area (Å²) in [4.78, 5) is 7.68. The molecule has 0 amide bonds. The Hall–Kier alpha value is -1.88. The van der Waals surface area contributed by atoms with Crippen LogP contribution >= 0.6 is 0 Å². The average Bonchev–Trinajstić information content (AvgIpc) is 2.97. The van der Waals surface area contributed by atoms with Gasteiger partial charge in [0, 0.05) is 5.92 Å². The third-order valence-corrected chi connectivity index (χ3v) is 3.79. The average molecular weight is 275 g/mol. The highest BCUT2D eigenvalue weighted by Gasteiger charge is 2.20. The SMILES string of the molecule is COc1cccc(F)c1-c1cnc(C2CCNCC2)[nH]1. The number of hydrogen-bond donors (Lipinski definition) is 2. The summed E-state index contributed by atoms with van der Waals surface area (Å²) in [6.45, 7) is 2.01. The van der Waals surface area contributed by atoms with Crippen LogP contribution in [-0.2, 0) is 0 Å². The number of imidazole rings is 1. The molecule has 0 unspecified atom stereocenters. The minimum atomic E-state index is -0.301. The van der Waals surface area contributed by atoms with Crippen molar-refractivity contribution in [2.45, 2.75) is 18.8 Å². The summed E-state index contributed by atoms with van der Waals surface area (Å²) in [7, 11) is 1.54. The van der Waals surface area contributed by atoms with Crippen molar-refractivity contribution in [1.82, 2.24) is 15.3 Å². The van der Waals surface area contributed by atoms with Gasteiger partial charge in [0.1, 0.15) is 17.4 Å². The van der Waals surface area contributed by atoms with Gasteiger partial charge in [-0.1, -0.05) is 6.07 Å². The molecule has 2 N–H and O–H groups in total. The van der Waals surface area contributed by atoms with E-state index >= 15 is 0 Å². The molecule has 0 bridgehead atoms. The number of aromatic nitrogens is 2. The van der Waals surface area contributed by atoms with Gasteiger partial charge in [-0.25, -0.2) is 9.37 Å². The minimum Gasteiger partial charge on any atom is -0.496 e. The fourth-order valence-corrected chi connectivity index (χ4v) is 2.70. The number of ether oxygens (including phenoxy) is 1. The lowest BCUT2D eigenvalue weighted by Crippen LogP contribution is -2.27.